The highest BCUT2D eigenvalue weighted by Gasteiger charge is 2.25. The van der Waals surface area contributed by atoms with Crippen molar-refractivity contribution in [1.29, 1.82) is 0 Å². The number of nitrogens with zero attached hydrogens (tertiary/aromatic N) is 2. The van der Waals surface area contributed by atoms with E-state index >= 15 is 0 Å². The SMILES string of the molecule is CCNC(=NCc1cccc(COC2CCOCC2)c1)N1CCC(COCCOC)C1.I. The first kappa shape index (κ1) is 27.3. The van der Waals surface area contributed by atoms with E-state index in [1.54, 1.807) is 7.11 Å². The Kier molecular flexibility index (Phi) is 13.5. The molecule has 1 aromatic rings. The minimum Gasteiger partial charge on any atom is -0.382 e. The van der Waals surface area contributed by atoms with E-state index in [0.29, 0.717) is 38.4 Å². The largest absolute Gasteiger partial charge is 0.382 e. The molecule has 32 heavy (non-hydrogen) atoms. The van der Waals surface area contributed by atoms with E-state index in [1.807, 2.05) is 0 Å². The zero-order valence-electron chi connectivity index (χ0n) is 19.6. The normalized spacial score (nSPS) is 19.8. The molecule has 2 fully saturated rings. The lowest BCUT2D eigenvalue weighted by Gasteiger charge is -2.22. The molecule has 1 N–H and O–H groups in total. The van der Waals surface area contributed by atoms with Gasteiger partial charge in [0.05, 0.1) is 39.1 Å². The van der Waals surface area contributed by atoms with Crippen molar-refractivity contribution in [2.75, 3.05) is 59.8 Å². The summed E-state index contributed by atoms with van der Waals surface area (Å²) >= 11 is 0. The third-order valence-corrected chi connectivity index (χ3v) is 5.76. The number of halogens is 1. The van der Waals surface area contributed by atoms with Gasteiger partial charge in [-0.15, -0.1) is 24.0 Å². The Hall–Kier alpha value is -0.940. The second kappa shape index (κ2) is 15.8. The van der Waals surface area contributed by atoms with Crippen LogP contribution >= 0.6 is 24.0 Å². The van der Waals surface area contributed by atoms with Crippen LogP contribution in [0, 0.1) is 5.92 Å². The van der Waals surface area contributed by atoms with Crippen LogP contribution < -0.4 is 5.32 Å². The summed E-state index contributed by atoms with van der Waals surface area (Å²) in [6.45, 7) is 10.0. The van der Waals surface area contributed by atoms with Crippen molar-refractivity contribution in [3.05, 3.63) is 35.4 Å². The van der Waals surface area contributed by atoms with Gasteiger partial charge in [0.2, 0.25) is 0 Å². The van der Waals surface area contributed by atoms with Crippen molar-refractivity contribution in [2.24, 2.45) is 10.9 Å². The fourth-order valence-electron chi connectivity index (χ4n) is 4.02. The Labute approximate surface area is 210 Å². The second-order valence-electron chi connectivity index (χ2n) is 8.28. The molecule has 0 aromatic heterocycles. The predicted octanol–water partition coefficient (Wildman–Crippen LogP) is 3.45. The molecule has 182 valence electrons. The topological polar surface area (TPSA) is 64.6 Å². The van der Waals surface area contributed by atoms with Crippen LogP contribution in [0.25, 0.3) is 0 Å². The average Bonchev–Trinajstić information content (AvgIpc) is 3.28. The van der Waals surface area contributed by atoms with Gasteiger partial charge in [0, 0.05) is 45.9 Å². The number of benzene rings is 1. The maximum absolute atomic E-state index is 6.07. The van der Waals surface area contributed by atoms with Crippen molar-refractivity contribution < 1.29 is 18.9 Å². The Morgan fingerprint density at radius 3 is 2.78 bits per heavy atom. The molecule has 2 heterocycles. The number of methoxy groups -OCH3 is 1. The lowest BCUT2D eigenvalue weighted by molar-refractivity contribution is -0.0390. The highest BCUT2D eigenvalue weighted by Crippen LogP contribution is 2.18. The maximum atomic E-state index is 6.07. The molecule has 1 unspecified atom stereocenters. The molecule has 1 atom stereocenters. The van der Waals surface area contributed by atoms with E-state index in [4.69, 9.17) is 23.9 Å². The molecule has 0 radical (unpaired) electrons. The molecule has 8 heteroatoms. The monoisotopic (exact) mass is 561 g/mol. The maximum Gasteiger partial charge on any atom is 0.194 e. The van der Waals surface area contributed by atoms with Gasteiger partial charge < -0.3 is 29.2 Å². The first-order chi connectivity index (χ1) is 15.3. The summed E-state index contributed by atoms with van der Waals surface area (Å²) in [5, 5.41) is 3.45. The third kappa shape index (κ3) is 9.51. The molecule has 1 aromatic carbocycles. The molecule has 2 aliphatic rings. The minimum absolute atomic E-state index is 0. The van der Waals surface area contributed by atoms with Crippen LogP contribution in [0.5, 0.6) is 0 Å². The van der Waals surface area contributed by atoms with Crippen LogP contribution in [0.1, 0.15) is 37.3 Å². The summed E-state index contributed by atoms with van der Waals surface area (Å²) in [6.07, 6.45) is 3.43. The lowest BCUT2D eigenvalue weighted by Crippen LogP contribution is -2.40. The number of rotatable bonds is 11. The molecule has 2 saturated heterocycles. The molecule has 2 aliphatic heterocycles. The van der Waals surface area contributed by atoms with E-state index < -0.39 is 0 Å². The number of aliphatic imine (C=N–C) groups is 1. The number of guanidine groups is 1. The Morgan fingerprint density at radius 1 is 1.19 bits per heavy atom. The minimum atomic E-state index is 0. The van der Waals surface area contributed by atoms with Crippen LogP contribution in [0.15, 0.2) is 29.3 Å². The molecular formula is C24H40IN3O4. The zero-order chi connectivity index (χ0) is 21.7. The van der Waals surface area contributed by atoms with Gasteiger partial charge in [-0.05, 0) is 37.3 Å². The van der Waals surface area contributed by atoms with Crippen molar-refractivity contribution in [3.8, 4) is 0 Å². The number of likely N-dealkylation sites (tertiary alicyclic amines) is 1. The smallest absolute Gasteiger partial charge is 0.194 e. The second-order valence-corrected chi connectivity index (χ2v) is 8.28. The molecule has 0 amide bonds. The van der Waals surface area contributed by atoms with Gasteiger partial charge in [0.15, 0.2) is 5.96 Å². The summed E-state index contributed by atoms with van der Waals surface area (Å²) in [4.78, 5) is 7.27. The Bertz CT molecular complexity index is 670. The van der Waals surface area contributed by atoms with E-state index in [0.717, 1.165) is 64.7 Å². The average molecular weight is 562 g/mol. The standard InChI is InChI=1S/C24H39N3O4.HI/c1-3-25-24(27-10-7-22(17-27)18-30-14-13-28-2)26-16-20-5-4-6-21(15-20)19-31-23-8-11-29-12-9-23;/h4-6,15,22-23H,3,7-14,16-19H2,1-2H3,(H,25,26);1H. The van der Waals surface area contributed by atoms with Gasteiger partial charge in [0.25, 0.3) is 0 Å². The molecule has 0 saturated carbocycles. The van der Waals surface area contributed by atoms with Gasteiger partial charge in [-0.2, -0.15) is 0 Å². The van der Waals surface area contributed by atoms with Crippen LogP contribution in [0.3, 0.4) is 0 Å². The van der Waals surface area contributed by atoms with E-state index in [1.165, 1.54) is 11.1 Å². The Morgan fingerprint density at radius 2 is 2.00 bits per heavy atom. The number of hydrogen-bond donors (Lipinski definition) is 1. The Balaban J connectivity index is 0.00000363. The fourth-order valence-corrected chi connectivity index (χ4v) is 4.02. The van der Waals surface area contributed by atoms with E-state index in [-0.39, 0.29) is 24.0 Å². The van der Waals surface area contributed by atoms with Gasteiger partial charge in [0.1, 0.15) is 0 Å². The van der Waals surface area contributed by atoms with Crippen molar-refractivity contribution in [2.45, 2.75) is 45.4 Å². The summed E-state index contributed by atoms with van der Waals surface area (Å²) in [5.41, 5.74) is 2.42. The first-order valence-corrected chi connectivity index (χ1v) is 11.7. The van der Waals surface area contributed by atoms with Gasteiger partial charge in [-0.1, -0.05) is 24.3 Å². The molecule has 3 rings (SSSR count). The van der Waals surface area contributed by atoms with Crippen LogP contribution in [0.2, 0.25) is 0 Å². The molecular weight excluding hydrogens is 521 g/mol. The molecule has 0 aliphatic carbocycles. The first-order valence-electron chi connectivity index (χ1n) is 11.7. The lowest BCUT2D eigenvalue weighted by atomic mass is 10.1. The number of ether oxygens (including phenoxy) is 4. The van der Waals surface area contributed by atoms with Crippen molar-refractivity contribution in [1.82, 2.24) is 10.2 Å². The van der Waals surface area contributed by atoms with Crippen LogP contribution in [-0.2, 0) is 32.1 Å². The predicted molar refractivity (Wildman–Crippen MR) is 138 cm³/mol. The zero-order valence-corrected chi connectivity index (χ0v) is 21.9. The van der Waals surface area contributed by atoms with E-state index in [2.05, 4.69) is 41.4 Å². The number of nitrogens with one attached hydrogen (secondary N) is 1. The highest BCUT2D eigenvalue weighted by molar-refractivity contribution is 14.0. The van der Waals surface area contributed by atoms with Gasteiger partial charge in [-0.25, -0.2) is 4.99 Å². The summed E-state index contributed by atoms with van der Waals surface area (Å²) < 4.78 is 22.3. The molecule has 0 spiro atoms. The van der Waals surface area contributed by atoms with Gasteiger partial charge >= 0.3 is 0 Å². The van der Waals surface area contributed by atoms with Gasteiger partial charge in [-0.3, -0.25) is 0 Å². The van der Waals surface area contributed by atoms with Crippen molar-refractivity contribution in [3.63, 3.8) is 0 Å². The third-order valence-electron chi connectivity index (χ3n) is 5.76. The highest BCUT2D eigenvalue weighted by atomic mass is 127. The van der Waals surface area contributed by atoms with E-state index in [9.17, 15) is 0 Å². The summed E-state index contributed by atoms with van der Waals surface area (Å²) in [6, 6.07) is 8.58. The quantitative estimate of drug-likeness (QED) is 0.193. The summed E-state index contributed by atoms with van der Waals surface area (Å²) in [5.74, 6) is 1.54. The van der Waals surface area contributed by atoms with Crippen LogP contribution in [-0.4, -0.2) is 76.7 Å². The molecule has 0 bridgehead atoms. The fraction of sp³-hybridized carbons (Fsp3) is 0.708. The van der Waals surface area contributed by atoms with Crippen LogP contribution in [0.4, 0.5) is 0 Å². The molecule has 7 nitrogen and oxygen atoms in total. The van der Waals surface area contributed by atoms with Crippen molar-refractivity contribution >= 4 is 29.9 Å². The summed E-state index contributed by atoms with van der Waals surface area (Å²) in [7, 11) is 1.70. The number of hydrogen-bond acceptors (Lipinski definition) is 5.